The molecule has 1 aliphatic carbocycles. The van der Waals surface area contributed by atoms with Crippen LogP contribution < -0.4 is 5.32 Å². The molecule has 0 saturated heterocycles. The summed E-state index contributed by atoms with van der Waals surface area (Å²) in [6, 6.07) is 9.35. The van der Waals surface area contributed by atoms with Crippen molar-refractivity contribution in [3.63, 3.8) is 0 Å². The minimum atomic E-state index is 0.317. The van der Waals surface area contributed by atoms with Crippen LogP contribution in [0.1, 0.15) is 50.8 Å². The molecule has 1 aromatic rings. The first kappa shape index (κ1) is 12.4. The van der Waals surface area contributed by atoms with Crippen molar-refractivity contribution in [1.29, 1.82) is 0 Å². The zero-order chi connectivity index (χ0) is 12.5. The highest BCUT2D eigenvalue weighted by Crippen LogP contribution is 2.41. The SMILES string of the molecule is C=C(C)CNC1CCC(C)(C)c2ccccc21. The lowest BCUT2D eigenvalue weighted by atomic mass is 9.71. The third-order valence-corrected chi connectivity index (χ3v) is 3.77. The number of nitrogens with one attached hydrogen (secondary N) is 1. The van der Waals surface area contributed by atoms with E-state index in [0.717, 1.165) is 6.54 Å². The lowest BCUT2D eigenvalue weighted by molar-refractivity contribution is 0.364. The highest BCUT2D eigenvalue weighted by atomic mass is 14.9. The van der Waals surface area contributed by atoms with Crippen LogP contribution in [0.5, 0.6) is 0 Å². The van der Waals surface area contributed by atoms with Gasteiger partial charge in [-0.05, 0) is 36.3 Å². The average Bonchev–Trinajstić information content (AvgIpc) is 2.28. The molecule has 92 valence electrons. The average molecular weight is 229 g/mol. The minimum Gasteiger partial charge on any atom is -0.306 e. The summed E-state index contributed by atoms with van der Waals surface area (Å²) in [6.45, 7) is 11.6. The van der Waals surface area contributed by atoms with Gasteiger partial charge in [0.1, 0.15) is 0 Å². The topological polar surface area (TPSA) is 12.0 Å². The highest BCUT2D eigenvalue weighted by Gasteiger charge is 2.31. The van der Waals surface area contributed by atoms with Crippen molar-refractivity contribution < 1.29 is 0 Å². The molecule has 1 aliphatic rings. The Kier molecular flexibility index (Phi) is 3.39. The third kappa shape index (κ3) is 2.61. The largest absolute Gasteiger partial charge is 0.306 e. The molecule has 0 radical (unpaired) electrons. The number of hydrogen-bond acceptors (Lipinski definition) is 1. The van der Waals surface area contributed by atoms with Crippen LogP contribution in [0.25, 0.3) is 0 Å². The van der Waals surface area contributed by atoms with Gasteiger partial charge >= 0.3 is 0 Å². The summed E-state index contributed by atoms with van der Waals surface area (Å²) in [5.41, 5.74) is 4.50. The molecule has 0 spiro atoms. The van der Waals surface area contributed by atoms with Crippen molar-refractivity contribution in [1.82, 2.24) is 5.32 Å². The molecular formula is C16H23N. The zero-order valence-electron chi connectivity index (χ0n) is 11.2. The Morgan fingerprint density at radius 3 is 2.82 bits per heavy atom. The van der Waals surface area contributed by atoms with E-state index in [1.54, 1.807) is 0 Å². The molecule has 0 aliphatic heterocycles. The summed E-state index contributed by atoms with van der Waals surface area (Å²) in [5.74, 6) is 0. The van der Waals surface area contributed by atoms with Gasteiger partial charge < -0.3 is 5.32 Å². The van der Waals surface area contributed by atoms with E-state index in [9.17, 15) is 0 Å². The van der Waals surface area contributed by atoms with Crippen LogP contribution in [0.15, 0.2) is 36.4 Å². The summed E-state index contributed by atoms with van der Waals surface area (Å²) >= 11 is 0. The Labute approximate surface area is 105 Å². The van der Waals surface area contributed by atoms with Gasteiger partial charge in [0.15, 0.2) is 0 Å². The van der Waals surface area contributed by atoms with Crippen molar-refractivity contribution in [3.05, 3.63) is 47.5 Å². The predicted octanol–water partition coefficient (Wildman–Crippen LogP) is 3.96. The van der Waals surface area contributed by atoms with Crippen LogP contribution in [-0.2, 0) is 5.41 Å². The lowest BCUT2D eigenvalue weighted by Gasteiger charge is -2.37. The van der Waals surface area contributed by atoms with Crippen molar-refractivity contribution in [2.75, 3.05) is 6.54 Å². The highest BCUT2D eigenvalue weighted by molar-refractivity contribution is 5.38. The molecule has 2 rings (SSSR count). The summed E-state index contributed by atoms with van der Waals surface area (Å²) in [7, 11) is 0. The molecule has 0 bridgehead atoms. The van der Waals surface area contributed by atoms with Crippen LogP contribution in [0.2, 0.25) is 0 Å². The second kappa shape index (κ2) is 4.66. The Hall–Kier alpha value is -1.08. The van der Waals surface area contributed by atoms with Gasteiger partial charge in [-0.25, -0.2) is 0 Å². The van der Waals surface area contributed by atoms with E-state index in [0.29, 0.717) is 11.5 Å². The van der Waals surface area contributed by atoms with Gasteiger partial charge in [-0.15, -0.1) is 0 Å². The van der Waals surface area contributed by atoms with Crippen LogP contribution in [0, 0.1) is 0 Å². The van der Waals surface area contributed by atoms with Crippen molar-refractivity contribution in [2.45, 2.75) is 45.1 Å². The lowest BCUT2D eigenvalue weighted by Crippen LogP contribution is -2.33. The number of fused-ring (bicyclic) bond motifs is 1. The van der Waals surface area contributed by atoms with Crippen molar-refractivity contribution in [2.24, 2.45) is 0 Å². The van der Waals surface area contributed by atoms with Gasteiger partial charge in [0, 0.05) is 12.6 Å². The van der Waals surface area contributed by atoms with Gasteiger partial charge in [0.25, 0.3) is 0 Å². The standard InChI is InChI=1S/C16H23N/c1-12(2)11-17-15-9-10-16(3,4)14-8-6-5-7-13(14)15/h5-8,15,17H,1,9-11H2,2-4H3. The molecular weight excluding hydrogens is 206 g/mol. The van der Waals surface area contributed by atoms with Gasteiger partial charge in [-0.3, -0.25) is 0 Å². The molecule has 1 heteroatoms. The number of benzene rings is 1. The zero-order valence-corrected chi connectivity index (χ0v) is 11.2. The first-order valence-electron chi connectivity index (χ1n) is 6.48. The number of hydrogen-bond donors (Lipinski definition) is 1. The molecule has 1 aromatic carbocycles. The van der Waals surface area contributed by atoms with Crippen LogP contribution >= 0.6 is 0 Å². The molecule has 0 aromatic heterocycles. The molecule has 0 heterocycles. The fourth-order valence-electron chi connectivity index (χ4n) is 2.72. The fourth-order valence-corrected chi connectivity index (χ4v) is 2.72. The fraction of sp³-hybridized carbons (Fsp3) is 0.500. The van der Waals surface area contributed by atoms with Crippen LogP contribution in [0.3, 0.4) is 0 Å². The number of rotatable bonds is 3. The van der Waals surface area contributed by atoms with Crippen LogP contribution in [-0.4, -0.2) is 6.54 Å². The van der Waals surface area contributed by atoms with E-state index in [1.165, 1.54) is 29.5 Å². The molecule has 1 unspecified atom stereocenters. The second-order valence-electron chi connectivity index (χ2n) is 5.90. The molecule has 1 nitrogen and oxygen atoms in total. The van der Waals surface area contributed by atoms with E-state index in [4.69, 9.17) is 0 Å². The van der Waals surface area contributed by atoms with E-state index in [2.05, 4.69) is 56.9 Å². The Morgan fingerprint density at radius 1 is 1.41 bits per heavy atom. The molecule has 0 fully saturated rings. The van der Waals surface area contributed by atoms with Crippen LogP contribution in [0.4, 0.5) is 0 Å². The molecule has 0 amide bonds. The first-order chi connectivity index (χ1) is 8.00. The Bertz CT molecular complexity index is 417. The first-order valence-corrected chi connectivity index (χ1v) is 6.48. The van der Waals surface area contributed by atoms with Gasteiger partial charge in [0.05, 0.1) is 0 Å². The van der Waals surface area contributed by atoms with Crippen molar-refractivity contribution >= 4 is 0 Å². The third-order valence-electron chi connectivity index (χ3n) is 3.77. The quantitative estimate of drug-likeness (QED) is 0.773. The van der Waals surface area contributed by atoms with Gasteiger partial charge in [0.2, 0.25) is 0 Å². The maximum Gasteiger partial charge on any atom is 0.0326 e. The van der Waals surface area contributed by atoms with E-state index in [1.807, 2.05) is 0 Å². The summed E-state index contributed by atoms with van der Waals surface area (Å²) in [5, 5.41) is 3.62. The smallest absolute Gasteiger partial charge is 0.0326 e. The molecule has 1 atom stereocenters. The van der Waals surface area contributed by atoms with E-state index >= 15 is 0 Å². The minimum absolute atomic E-state index is 0.317. The Morgan fingerprint density at radius 2 is 2.12 bits per heavy atom. The predicted molar refractivity (Wildman–Crippen MR) is 74.3 cm³/mol. The summed E-state index contributed by atoms with van der Waals surface area (Å²) in [6.07, 6.45) is 2.47. The maximum absolute atomic E-state index is 3.96. The van der Waals surface area contributed by atoms with Gasteiger partial charge in [-0.2, -0.15) is 0 Å². The monoisotopic (exact) mass is 229 g/mol. The Balaban J connectivity index is 2.25. The van der Waals surface area contributed by atoms with E-state index < -0.39 is 0 Å². The van der Waals surface area contributed by atoms with Crippen molar-refractivity contribution in [3.8, 4) is 0 Å². The summed E-state index contributed by atoms with van der Waals surface area (Å²) < 4.78 is 0. The molecule has 17 heavy (non-hydrogen) atoms. The van der Waals surface area contributed by atoms with E-state index in [-0.39, 0.29) is 0 Å². The summed E-state index contributed by atoms with van der Waals surface area (Å²) in [4.78, 5) is 0. The molecule has 0 saturated carbocycles. The second-order valence-corrected chi connectivity index (χ2v) is 5.90. The maximum atomic E-state index is 3.96. The normalized spacial score (nSPS) is 21.9. The van der Waals surface area contributed by atoms with Gasteiger partial charge in [-0.1, -0.05) is 50.3 Å². The molecule has 1 N–H and O–H groups in total.